The van der Waals surface area contributed by atoms with Gasteiger partial charge in [-0.15, -0.1) is 5.10 Å². The lowest BCUT2D eigenvalue weighted by molar-refractivity contribution is -0.137. The molecule has 0 aromatic carbocycles. The van der Waals surface area contributed by atoms with Gasteiger partial charge in [-0.3, -0.25) is 9.59 Å². The number of rotatable bonds is 7. The van der Waals surface area contributed by atoms with E-state index < -0.39 is 5.97 Å². The molecule has 0 bridgehead atoms. The van der Waals surface area contributed by atoms with E-state index in [4.69, 9.17) is 5.11 Å². The number of carbonyl (C=O) groups is 2. The van der Waals surface area contributed by atoms with Gasteiger partial charge in [0.1, 0.15) is 6.54 Å². The number of aliphatic carboxylic acids is 1. The van der Waals surface area contributed by atoms with Crippen molar-refractivity contribution in [2.24, 2.45) is 0 Å². The van der Waals surface area contributed by atoms with E-state index in [0.717, 1.165) is 17.8 Å². The van der Waals surface area contributed by atoms with Gasteiger partial charge in [-0.2, -0.15) is 0 Å². The number of likely N-dealkylation sites (N-methyl/N-ethyl adjacent to an activating group) is 1. The predicted octanol–water partition coefficient (Wildman–Crippen LogP) is -0.956. The number of amides is 1. The van der Waals surface area contributed by atoms with Crippen LogP contribution in [-0.2, 0) is 11.3 Å². The van der Waals surface area contributed by atoms with Gasteiger partial charge in [-0.1, -0.05) is 12.1 Å². The van der Waals surface area contributed by atoms with Crippen molar-refractivity contribution in [3.63, 3.8) is 0 Å². The first-order valence-electron chi connectivity index (χ1n) is 5.61. The van der Waals surface area contributed by atoms with Gasteiger partial charge in [0.2, 0.25) is 0 Å². The lowest BCUT2D eigenvalue weighted by atomic mass is 10.4. The molecule has 0 aliphatic carbocycles. The molecule has 18 heavy (non-hydrogen) atoms. The fourth-order valence-electron chi connectivity index (χ4n) is 1.23. The summed E-state index contributed by atoms with van der Waals surface area (Å²) in [6, 6.07) is 0. The van der Waals surface area contributed by atoms with E-state index in [0.29, 0.717) is 6.54 Å². The molecule has 0 aliphatic heterocycles. The van der Waals surface area contributed by atoms with Gasteiger partial charge in [0.25, 0.3) is 5.91 Å². The Morgan fingerprint density at radius 3 is 2.89 bits per heavy atom. The quantitative estimate of drug-likeness (QED) is 0.651. The number of carboxylic acid groups (broad SMARTS) is 1. The van der Waals surface area contributed by atoms with Crippen LogP contribution < -0.4 is 5.32 Å². The third-order valence-corrected chi connectivity index (χ3v) is 2.39. The Balaban J connectivity index is 2.42. The minimum absolute atomic E-state index is 0.121. The van der Waals surface area contributed by atoms with Crippen LogP contribution in [0.3, 0.4) is 0 Å². The summed E-state index contributed by atoms with van der Waals surface area (Å²) in [6.07, 6.45) is 1.31. The Kier molecular flexibility index (Phi) is 5.25. The van der Waals surface area contributed by atoms with E-state index >= 15 is 0 Å². The van der Waals surface area contributed by atoms with Gasteiger partial charge in [0, 0.05) is 13.1 Å². The van der Waals surface area contributed by atoms with Crippen molar-refractivity contribution < 1.29 is 14.7 Å². The molecule has 8 nitrogen and oxygen atoms in total. The SMILES string of the molecule is CCN(C)CCNC(=O)c1cn(CC(=O)O)nn1. The van der Waals surface area contributed by atoms with Gasteiger partial charge < -0.3 is 15.3 Å². The van der Waals surface area contributed by atoms with Crippen molar-refractivity contribution in [3.8, 4) is 0 Å². The van der Waals surface area contributed by atoms with Crippen molar-refractivity contribution >= 4 is 11.9 Å². The Labute approximate surface area is 105 Å². The van der Waals surface area contributed by atoms with Crippen LogP contribution in [0.4, 0.5) is 0 Å². The van der Waals surface area contributed by atoms with Crippen molar-refractivity contribution in [1.82, 2.24) is 25.2 Å². The summed E-state index contributed by atoms with van der Waals surface area (Å²) in [5.41, 5.74) is 0.121. The van der Waals surface area contributed by atoms with E-state index in [1.807, 2.05) is 14.0 Å². The highest BCUT2D eigenvalue weighted by molar-refractivity contribution is 5.91. The van der Waals surface area contributed by atoms with Crippen LogP contribution in [0.1, 0.15) is 17.4 Å². The maximum absolute atomic E-state index is 11.6. The van der Waals surface area contributed by atoms with Gasteiger partial charge in [-0.25, -0.2) is 4.68 Å². The molecule has 0 atom stereocenters. The number of aromatic nitrogens is 3. The van der Waals surface area contributed by atoms with Gasteiger partial charge in [0.05, 0.1) is 6.20 Å². The second kappa shape index (κ2) is 6.70. The van der Waals surface area contributed by atoms with Gasteiger partial charge >= 0.3 is 5.97 Å². The molecule has 1 rings (SSSR count). The molecule has 2 N–H and O–H groups in total. The molecular weight excluding hydrogens is 238 g/mol. The largest absolute Gasteiger partial charge is 0.480 e. The first kappa shape index (κ1) is 14.1. The van der Waals surface area contributed by atoms with Crippen molar-refractivity contribution in [2.75, 3.05) is 26.7 Å². The molecule has 0 fully saturated rings. The summed E-state index contributed by atoms with van der Waals surface area (Å²) in [5.74, 6) is -1.38. The van der Waals surface area contributed by atoms with Gasteiger partial charge in [-0.05, 0) is 13.6 Å². The number of hydrogen-bond donors (Lipinski definition) is 2. The molecule has 0 radical (unpaired) electrons. The Bertz CT molecular complexity index is 417. The Hall–Kier alpha value is -1.96. The van der Waals surface area contributed by atoms with Crippen molar-refractivity contribution in [2.45, 2.75) is 13.5 Å². The maximum atomic E-state index is 11.6. The standard InChI is InChI=1S/C10H17N5O3/c1-3-14(2)5-4-11-10(18)8-6-15(13-12-8)7-9(16)17/h6H,3-5,7H2,1-2H3,(H,11,18)(H,16,17). The molecule has 8 heteroatoms. The second-order valence-electron chi connectivity index (χ2n) is 3.85. The molecule has 1 heterocycles. The highest BCUT2D eigenvalue weighted by Gasteiger charge is 2.11. The molecule has 1 aromatic heterocycles. The molecule has 0 spiro atoms. The summed E-state index contributed by atoms with van der Waals surface area (Å²) < 4.78 is 1.11. The van der Waals surface area contributed by atoms with E-state index in [2.05, 4.69) is 20.5 Å². The topological polar surface area (TPSA) is 100 Å². The first-order chi connectivity index (χ1) is 8.52. The normalized spacial score (nSPS) is 10.6. The molecule has 1 aromatic rings. The molecule has 0 saturated heterocycles. The fraction of sp³-hybridized carbons (Fsp3) is 0.600. The van der Waals surface area contributed by atoms with Crippen molar-refractivity contribution in [1.29, 1.82) is 0 Å². The monoisotopic (exact) mass is 255 g/mol. The first-order valence-corrected chi connectivity index (χ1v) is 5.61. The van der Waals surface area contributed by atoms with Crippen LogP contribution in [0, 0.1) is 0 Å². The van der Waals surface area contributed by atoms with Crippen LogP contribution in [0.5, 0.6) is 0 Å². The van der Waals surface area contributed by atoms with Crippen molar-refractivity contribution in [3.05, 3.63) is 11.9 Å². The third-order valence-electron chi connectivity index (χ3n) is 2.39. The second-order valence-corrected chi connectivity index (χ2v) is 3.85. The van der Waals surface area contributed by atoms with Crippen LogP contribution in [0.25, 0.3) is 0 Å². The number of nitrogens with one attached hydrogen (secondary N) is 1. The molecule has 0 saturated carbocycles. The van der Waals surface area contributed by atoms with Crippen LogP contribution >= 0.6 is 0 Å². The maximum Gasteiger partial charge on any atom is 0.325 e. The van der Waals surface area contributed by atoms with E-state index in [9.17, 15) is 9.59 Å². The average Bonchev–Trinajstić information content (AvgIpc) is 2.76. The van der Waals surface area contributed by atoms with E-state index in [-0.39, 0.29) is 18.1 Å². The molecule has 0 aliphatic rings. The van der Waals surface area contributed by atoms with Crippen LogP contribution in [0.2, 0.25) is 0 Å². The zero-order valence-corrected chi connectivity index (χ0v) is 10.5. The summed E-state index contributed by atoms with van der Waals surface area (Å²) in [6.45, 7) is 3.88. The number of carbonyl (C=O) groups excluding carboxylic acids is 1. The van der Waals surface area contributed by atoms with Crippen LogP contribution in [0.15, 0.2) is 6.20 Å². The average molecular weight is 255 g/mol. The van der Waals surface area contributed by atoms with Crippen LogP contribution in [-0.4, -0.2) is 63.6 Å². The third kappa shape index (κ3) is 4.50. The number of nitrogens with zero attached hydrogens (tertiary/aromatic N) is 4. The number of carboxylic acids is 1. The fourth-order valence-corrected chi connectivity index (χ4v) is 1.23. The minimum Gasteiger partial charge on any atom is -0.480 e. The summed E-state index contributed by atoms with van der Waals surface area (Å²) >= 11 is 0. The highest BCUT2D eigenvalue weighted by atomic mass is 16.4. The minimum atomic E-state index is -1.03. The lowest BCUT2D eigenvalue weighted by Crippen LogP contribution is -2.33. The molecule has 100 valence electrons. The molecular formula is C10H17N5O3. The predicted molar refractivity (Wildman–Crippen MR) is 63.2 cm³/mol. The molecule has 0 unspecified atom stereocenters. The summed E-state index contributed by atoms with van der Waals surface area (Å²) in [5, 5.41) is 18.4. The highest BCUT2D eigenvalue weighted by Crippen LogP contribution is 1.93. The van der Waals surface area contributed by atoms with E-state index in [1.54, 1.807) is 0 Å². The lowest BCUT2D eigenvalue weighted by Gasteiger charge is -2.13. The summed E-state index contributed by atoms with van der Waals surface area (Å²) in [4.78, 5) is 24.1. The zero-order valence-electron chi connectivity index (χ0n) is 10.5. The Morgan fingerprint density at radius 1 is 1.56 bits per heavy atom. The van der Waals surface area contributed by atoms with E-state index in [1.165, 1.54) is 6.20 Å². The Morgan fingerprint density at radius 2 is 2.28 bits per heavy atom. The van der Waals surface area contributed by atoms with Gasteiger partial charge in [0.15, 0.2) is 5.69 Å². The number of hydrogen-bond acceptors (Lipinski definition) is 5. The zero-order chi connectivity index (χ0) is 13.5. The summed E-state index contributed by atoms with van der Waals surface area (Å²) in [7, 11) is 1.95. The smallest absolute Gasteiger partial charge is 0.325 e. The molecule has 1 amide bonds.